The molecule has 2 aromatic carbocycles. The quantitative estimate of drug-likeness (QED) is 0.475. The summed E-state index contributed by atoms with van der Waals surface area (Å²) < 4.78 is 39.1. The summed E-state index contributed by atoms with van der Waals surface area (Å²) in [6.07, 6.45) is -0.658. The van der Waals surface area contributed by atoms with Crippen LogP contribution in [0.1, 0.15) is 31.4 Å². The highest BCUT2D eigenvalue weighted by Crippen LogP contribution is 2.32. The van der Waals surface area contributed by atoms with Crippen LogP contribution in [0, 0.1) is 5.92 Å². The van der Waals surface area contributed by atoms with Gasteiger partial charge in [0.15, 0.2) is 0 Å². The van der Waals surface area contributed by atoms with E-state index in [4.69, 9.17) is 0 Å². The fourth-order valence-electron chi connectivity index (χ4n) is 4.30. The molecule has 0 radical (unpaired) electrons. The number of rotatable bonds is 7. The molecule has 1 aromatic heterocycles. The Kier molecular flexibility index (Phi) is 7.16. The van der Waals surface area contributed by atoms with E-state index in [-0.39, 0.29) is 11.8 Å². The lowest BCUT2D eigenvalue weighted by atomic mass is 10.1. The number of H-pyrrole nitrogens is 1. The fourth-order valence-corrected chi connectivity index (χ4v) is 4.30. The lowest BCUT2D eigenvalue weighted by Crippen LogP contribution is -2.47. The zero-order chi connectivity index (χ0) is 24.3. The zero-order valence-corrected chi connectivity index (χ0v) is 19.6. The van der Waals surface area contributed by atoms with Crippen LogP contribution < -0.4 is 10.2 Å². The molecule has 182 valence electrons. The molecule has 1 unspecified atom stereocenters. The molecule has 1 fully saturated rings. The Bertz CT molecular complexity index is 1130. The van der Waals surface area contributed by atoms with Crippen molar-refractivity contribution in [3.05, 3.63) is 59.8 Å². The molecule has 3 aromatic rings. The van der Waals surface area contributed by atoms with Crippen LogP contribution in [0.4, 0.5) is 24.5 Å². The van der Waals surface area contributed by atoms with Crippen LogP contribution >= 0.6 is 0 Å². The van der Waals surface area contributed by atoms with E-state index in [1.165, 1.54) is 17.7 Å². The van der Waals surface area contributed by atoms with Gasteiger partial charge in [0.2, 0.25) is 5.91 Å². The number of fused-ring (bicyclic) bond motifs is 1. The van der Waals surface area contributed by atoms with Gasteiger partial charge in [0.05, 0.1) is 5.56 Å². The molecule has 1 saturated heterocycles. The van der Waals surface area contributed by atoms with Crippen molar-refractivity contribution in [3.63, 3.8) is 0 Å². The first-order chi connectivity index (χ1) is 16.2. The number of benzene rings is 2. The molecule has 4 rings (SSSR count). The molecular weight excluding hydrogens is 441 g/mol. The maximum Gasteiger partial charge on any atom is 0.416 e. The smallest absolute Gasteiger partial charge is 0.369 e. The highest BCUT2D eigenvalue weighted by Gasteiger charge is 2.31. The number of carbonyl (C=O) groups excluding carboxylic acids is 1. The number of piperazine rings is 1. The van der Waals surface area contributed by atoms with E-state index in [1.54, 1.807) is 6.07 Å². The Morgan fingerprint density at radius 2 is 1.88 bits per heavy atom. The molecule has 0 spiro atoms. The first-order valence-electron chi connectivity index (χ1n) is 11.8. The number of amides is 1. The second-order valence-electron chi connectivity index (χ2n) is 9.00. The van der Waals surface area contributed by atoms with Gasteiger partial charge in [0.1, 0.15) is 0 Å². The van der Waals surface area contributed by atoms with E-state index in [9.17, 15) is 18.0 Å². The molecular formula is C26H31F3N4O. The van der Waals surface area contributed by atoms with Gasteiger partial charge in [-0.15, -0.1) is 0 Å². The molecule has 0 bridgehead atoms. The molecule has 34 heavy (non-hydrogen) atoms. The maximum absolute atomic E-state index is 13.0. The van der Waals surface area contributed by atoms with Gasteiger partial charge in [-0.2, -0.15) is 13.2 Å². The molecule has 8 heteroatoms. The molecule has 1 aliphatic heterocycles. The minimum Gasteiger partial charge on any atom is -0.369 e. The monoisotopic (exact) mass is 472 g/mol. The Morgan fingerprint density at radius 1 is 1.12 bits per heavy atom. The average molecular weight is 473 g/mol. The van der Waals surface area contributed by atoms with Gasteiger partial charge in [-0.05, 0) is 54.8 Å². The summed E-state index contributed by atoms with van der Waals surface area (Å²) in [5.41, 5.74) is 3.04. The fraction of sp³-hybridized carbons (Fsp3) is 0.423. The highest BCUT2D eigenvalue weighted by molar-refractivity contribution is 5.95. The zero-order valence-electron chi connectivity index (χ0n) is 19.6. The van der Waals surface area contributed by atoms with E-state index < -0.39 is 11.7 Å². The molecule has 1 amide bonds. The molecule has 5 nitrogen and oxygen atoms in total. The van der Waals surface area contributed by atoms with E-state index in [0.717, 1.165) is 55.1 Å². The molecule has 1 atom stereocenters. The lowest BCUT2D eigenvalue weighted by Gasteiger charge is -2.36. The third-order valence-corrected chi connectivity index (χ3v) is 6.70. The topological polar surface area (TPSA) is 51.4 Å². The van der Waals surface area contributed by atoms with Crippen molar-refractivity contribution in [1.82, 2.24) is 9.88 Å². The predicted molar refractivity (Wildman–Crippen MR) is 130 cm³/mol. The molecule has 2 heterocycles. The van der Waals surface area contributed by atoms with Crippen LogP contribution in [0.5, 0.6) is 0 Å². The van der Waals surface area contributed by atoms with E-state index in [2.05, 4.69) is 15.2 Å². The van der Waals surface area contributed by atoms with Crippen molar-refractivity contribution in [2.75, 3.05) is 42.9 Å². The van der Waals surface area contributed by atoms with Gasteiger partial charge in [-0.3, -0.25) is 9.69 Å². The van der Waals surface area contributed by atoms with Crippen LogP contribution in [0.25, 0.3) is 10.9 Å². The molecule has 2 N–H and O–H groups in total. The van der Waals surface area contributed by atoms with E-state index >= 15 is 0 Å². The van der Waals surface area contributed by atoms with Gasteiger partial charge < -0.3 is 15.2 Å². The summed E-state index contributed by atoms with van der Waals surface area (Å²) in [5.74, 6) is -0.00595. The number of nitrogens with one attached hydrogen (secondary N) is 2. The van der Waals surface area contributed by atoms with Gasteiger partial charge in [0.25, 0.3) is 0 Å². The Balaban J connectivity index is 1.34. The third kappa shape index (κ3) is 5.55. The minimum absolute atomic E-state index is 0.0255. The van der Waals surface area contributed by atoms with Crippen molar-refractivity contribution in [2.24, 2.45) is 5.92 Å². The summed E-state index contributed by atoms with van der Waals surface area (Å²) in [5, 5.41) is 4.10. The standard InChI is InChI=1S/C26H31F3N4O/c1-3-18(2)25(34)31-21-7-8-24-23(16-21)19(17-30-24)9-10-32-11-13-33(14-12-32)22-6-4-5-20(15-22)26(27,28)29/h4-8,15-18,30H,3,9-14H2,1-2H3,(H,31,34). The van der Waals surface area contributed by atoms with Gasteiger partial charge in [0, 0.05) is 67.1 Å². The Morgan fingerprint density at radius 3 is 2.59 bits per heavy atom. The number of carbonyl (C=O) groups is 1. The largest absolute Gasteiger partial charge is 0.416 e. The van der Waals surface area contributed by atoms with Crippen molar-refractivity contribution < 1.29 is 18.0 Å². The molecule has 1 aliphatic rings. The second kappa shape index (κ2) is 10.1. The summed E-state index contributed by atoms with van der Waals surface area (Å²) in [4.78, 5) is 19.9. The van der Waals surface area contributed by atoms with Crippen molar-refractivity contribution in [2.45, 2.75) is 32.9 Å². The lowest BCUT2D eigenvalue weighted by molar-refractivity contribution is -0.137. The maximum atomic E-state index is 13.0. The molecule has 0 aliphatic carbocycles. The van der Waals surface area contributed by atoms with Crippen molar-refractivity contribution >= 4 is 28.2 Å². The van der Waals surface area contributed by atoms with Crippen LogP contribution in [0.3, 0.4) is 0 Å². The van der Waals surface area contributed by atoms with E-state index in [1.807, 2.05) is 43.1 Å². The SMILES string of the molecule is CCC(C)C(=O)Nc1ccc2[nH]cc(CCN3CCN(c4cccc(C(F)(F)F)c4)CC3)c2c1. The first-order valence-corrected chi connectivity index (χ1v) is 11.8. The highest BCUT2D eigenvalue weighted by atomic mass is 19.4. The predicted octanol–water partition coefficient (Wildman–Crippen LogP) is 5.54. The number of aromatic amines is 1. The third-order valence-electron chi connectivity index (χ3n) is 6.70. The van der Waals surface area contributed by atoms with Crippen LogP contribution in [-0.2, 0) is 17.4 Å². The number of hydrogen-bond acceptors (Lipinski definition) is 3. The summed E-state index contributed by atoms with van der Waals surface area (Å²) in [7, 11) is 0. The minimum atomic E-state index is -4.33. The Hall–Kier alpha value is -3.00. The summed E-state index contributed by atoms with van der Waals surface area (Å²) >= 11 is 0. The van der Waals surface area contributed by atoms with Gasteiger partial charge in [-0.25, -0.2) is 0 Å². The number of hydrogen-bond donors (Lipinski definition) is 2. The van der Waals surface area contributed by atoms with E-state index in [0.29, 0.717) is 18.8 Å². The number of alkyl halides is 3. The van der Waals surface area contributed by atoms with Crippen molar-refractivity contribution in [1.29, 1.82) is 0 Å². The van der Waals surface area contributed by atoms with Gasteiger partial charge in [-0.1, -0.05) is 19.9 Å². The number of aromatic nitrogens is 1. The summed E-state index contributed by atoms with van der Waals surface area (Å²) in [6.45, 7) is 7.78. The number of anilines is 2. The average Bonchev–Trinajstić information content (AvgIpc) is 3.24. The second-order valence-corrected chi connectivity index (χ2v) is 9.00. The molecule has 0 saturated carbocycles. The van der Waals surface area contributed by atoms with Crippen LogP contribution in [-0.4, -0.2) is 48.5 Å². The Labute approximate surface area is 197 Å². The van der Waals surface area contributed by atoms with Crippen molar-refractivity contribution in [3.8, 4) is 0 Å². The summed E-state index contributed by atoms with van der Waals surface area (Å²) in [6, 6.07) is 11.5. The van der Waals surface area contributed by atoms with Gasteiger partial charge >= 0.3 is 6.18 Å². The van der Waals surface area contributed by atoms with Crippen LogP contribution in [0.2, 0.25) is 0 Å². The normalized spacial score (nSPS) is 16.1. The number of nitrogens with zero attached hydrogens (tertiary/aromatic N) is 2. The number of halogens is 3. The first kappa shape index (κ1) is 24.1. The van der Waals surface area contributed by atoms with Crippen LogP contribution in [0.15, 0.2) is 48.7 Å².